The summed E-state index contributed by atoms with van der Waals surface area (Å²) in [5.74, 6) is -1.51. The number of thiazole rings is 1. The largest absolute Gasteiger partial charge is 0.508 e. The highest BCUT2D eigenvalue weighted by atomic mass is 35.5. The van der Waals surface area contributed by atoms with Crippen molar-refractivity contribution in [1.82, 2.24) is 9.99 Å². The van der Waals surface area contributed by atoms with Gasteiger partial charge in [0, 0.05) is 5.56 Å². The second-order valence-electron chi connectivity index (χ2n) is 5.86. The molecule has 148 valence electrons. The smallest absolute Gasteiger partial charge is 0.335 e. The molecule has 0 bridgehead atoms. The van der Waals surface area contributed by atoms with Gasteiger partial charge in [0.2, 0.25) is 0 Å². The third kappa shape index (κ3) is 4.89. The van der Waals surface area contributed by atoms with Crippen LogP contribution in [0.2, 0.25) is 5.15 Å². The maximum atomic E-state index is 12.2. The Bertz CT molecular complexity index is 1150. The van der Waals surface area contributed by atoms with Crippen LogP contribution in [0.1, 0.15) is 31.2 Å². The number of benzene rings is 2. The molecule has 1 heterocycles. The van der Waals surface area contributed by atoms with Gasteiger partial charge in [0.05, 0.1) is 23.2 Å². The van der Waals surface area contributed by atoms with Crippen molar-refractivity contribution in [2.45, 2.75) is 6.54 Å². The molecule has 0 spiro atoms. The number of carbonyl (C=O) groups is 2. The monoisotopic (exact) mass is 431 g/mol. The Kier molecular flexibility index (Phi) is 6.10. The number of nitrogens with one attached hydrogen (secondary N) is 1. The summed E-state index contributed by atoms with van der Waals surface area (Å²) in [6, 6.07) is 11.8. The maximum absolute atomic E-state index is 12.2. The SMILES string of the molecule is O=C(O)c1cccc(Cn2c(Cl)c(/C=N/NC(=O)c3ccc(O)cc3)sc2=O)c1. The molecule has 3 N–H and O–H groups in total. The molecule has 8 nitrogen and oxygen atoms in total. The first-order chi connectivity index (χ1) is 13.8. The highest BCUT2D eigenvalue weighted by molar-refractivity contribution is 7.11. The van der Waals surface area contributed by atoms with E-state index in [2.05, 4.69) is 10.5 Å². The molecule has 0 atom stereocenters. The molecule has 2 aromatic carbocycles. The molecule has 0 aliphatic heterocycles. The van der Waals surface area contributed by atoms with Crippen molar-refractivity contribution in [3.8, 4) is 5.75 Å². The van der Waals surface area contributed by atoms with E-state index in [0.29, 0.717) is 16.0 Å². The van der Waals surface area contributed by atoms with Crippen LogP contribution in [0.25, 0.3) is 0 Å². The highest BCUT2D eigenvalue weighted by Crippen LogP contribution is 2.19. The van der Waals surface area contributed by atoms with Gasteiger partial charge in [-0.1, -0.05) is 35.1 Å². The van der Waals surface area contributed by atoms with E-state index in [9.17, 15) is 19.5 Å². The third-order valence-electron chi connectivity index (χ3n) is 3.85. The van der Waals surface area contributed by atoms with Crippen molar-refractivity contribution in [3.05, 3.63) is 84.9 Å². The van der Waals surface area contributed by atoms with Crippen molar-refractivity contribution in [1.29, 1.82) is 0 Å². The van der Waals surface area contributed by atoms with Crippen LogP contribution in [-0.4, -0.2) is 32.9 Å². The minimum Gasteiger partial charge on any atom is -0.508 e. The van der Waals surface area contributed by atoms with Gasteiger partial charge in [0.25, 0.3) is 5.91 Å². The van der Waals surface area contributed by atoms with Crippen molar-refractivity contribution >= 4 is 41.0 Å². The minimum atomic E-state index is -1.06. The lowest BCUT2D eigenvalue weighted by Gasteiger charge is -2.05. The average Bonchev–Trinajstić information content (AvgIpc) is 2.96. The number of aromatic nitrogens is 1. The number of nitrogens with zero attached hydrogens (tertiary/aromatic N) is 2. The molecule has 0 saturated carbocycles. The number of halogens is 1. The van der Waals surface area contributed by atoms with Gasteiger partial charge in [0.15, 0.2) is 0 Å². The fourth-order valence-electron chi connectivity index (χ4n) is 2.43. The quantitative estimate of drug-likeness (QED) is 0.409. The number of hydrogen-bond donors (Lipinski definition) is 3. The summed E-state index contributed by atoms with van der Waals surface area (Å²) in [6.45, 7) is 0.100. The number of phenols is 1. The maximum Gasteiger partial charge on any atom is 0.335 e. The number of aromatic carboxylic acids is 1. The molecular weight excluding hydrogens is 418 g/mol. The lowest BCUT2D eigenvalue weighted by Crippen LogP contribution is -2.17. The molecule has 1 aromatic heterocycles. The zero-order valence-electron chi connectivity index (χ0n) is 14.7. The first-order valence-corrected chi connectivity index (χ1v) is 9.38. The van der Waals surface area contributed by atoms with Crippen LogP contribution in [0.3, 0.4) is 0 Å². The van der Waals surface area contributed by atoms with Crippen LogP contribution in [0.15, 0.2) is 58.4 Å². The van der Waals surface area contributed by atoms with E-state index in [4.69, 9.17) is 16.7 Å². The molecule has 0 fully saturated rings. The van der Waals surface area contributed by atoms with Crippen LogP contribution in [0, 0.1) is 0 Å². The van der Waals surface area contributed by atoms with Crippen LogP contribution in [0.5, 0.6) is 5.75 Å². The molecule has 0 unspecified atom stereocenters. The van der Waals surface area contributed by atoms with Crippen LogP contribution in [-0.2, 0) is 6.54 Å². The topological polar surface area (TPSA) is 121 Å². The number of carboxylic acids is 1. The summed E-state index contributed by atoms with van der Waals surface area (Å²) in [5, 5.41) is 22.2. The number of carboxylic acid groups (broad SMARTS) is 1. The van der Waals surface area contributed by atoms with Crippen LogP contribution >= 0.6 is 22.9 Å². The van der Waals surface area contributed by atoms with E-state index >= 15 is 0 Å². The summed E-state index contributed by atoms with van der Waals surface area (Å²) in [6.07, 6.45) is 1.26. The van der Waals surface area contributed by atoms with E-state index in [1.165, 1.54) is 47.2 Å². The Labute approximate surface area is 173 Å². The number of hydrazone groups is 1. The summed E-state index contributed by atoms with van der Waals surface area (Å²) in [5.41, 5.74) is 3.33. The molecule has 29 heavy (non-hydrogen) atoms. The molecule has 0 aliphatic rings. The van der Waals surface area contributed by atoms with E-state index in [1.807, 2.05) is 0 Å². The summed E-state index contributed by atoms with van der Waals surface area (Å²) in [7, 11) is 0. The van der Waals surface area contributed by atoms with Gasteiger partial charge in [-0.25, -0.2) is 10.2 Å². The Morgan fingerprint density at radius 1 is 1.17 bits per heavy atom. The Balaban J connectivity index is 1.73. The standard InChI is InChI=1S/C19H14ClN3O5S/c20-16-15(9-21-22-17(25)12-4-6-14(24)7-5-12)29-19(28)23(16)10-11-2-1-3-13(8-11)18(26)27/h1-9,24H,10H2,(H,22,25)(H,26,27)/b21-9+. The molecule has 3 aromatic rings. The lowest BCUT2D eigenvalue weighted by molar-refractivity contribution is 0.0696. The molecule has 3 rings (SSSR count). The fourth-order valence-corrected chi connectivity index (χ4v) is 3.54. The van der Waals surface area contributed by atoms with Crippen molar-refractivity contribution in [2.24, 2.45) is 5.10 Å². The van der Waals surface area contributed by atoms with Gasteiger partial charge < -0.3 is 10.2 Å². The summed E-state index contributed by atoms with van der Waals surface area (Å²) in [4.78, 5) is 35.3. The zero-order chi connectivity index (χ0) is 21.0. The van der Waals surface area contributed by atoms with Gasteiger partial charge in [-0.05, 0) is 42.0 Å². The number of carbonyl (C=O) groups excluding carboxylic acids is 1. The third-order valence-corrected chi connectivity index (χ3v) is 5.28. The molecule has 0 saturated heterocycles. The molecule has 0 radical (unpaired) electrons. The molecule has 0 aliphatic carbocycles. The fraction of sp³-hybridized carbons (Fsp3) is 0.0526. The normalized spacial score (nSPS) is 10.9. The Morgan fingerprint density at radius 2 is 1.90 bits per heavy atom. The van der Waals surface area contributed by atoms with E-state index in [1.54, 1.807) is 12.1 Å². The van der Waals surface area contributed by atoms with E-state index in [0.717, 1.165) is 11.3 Å². The second-order valence-corrected chi connectivity index (χ2v) is 7.21. The predicted octanol–water partition coefficient (Wildman–Crippen LogP) is 2.78. The number of rotatable bonds is 6. The number of amides is 1. The first-order valence-electron chi connectivity index (χ1n) is 8.19. The number of hydrogen-bond acceptors (Lipinski definition) is 6. The van der Waals surface area contributed by atoms with E-state index in [-0.39, 0.29) is 27.9 Å². The average molecular weight is 432 g/mol. The molecule has 10 heteroatoms. The van der Waals surface area contributed by atoms with Crippen LogP contribution in [0.4, 0.5) is 0 Å². The van der Waals surface area contributed by atoms with E-state index < -0.39 is 11.9 Å². The van der Waals surface area contributed by atoms with Gasteiger partial charge in [0.1, 0.15) is 10.9 Å². The zero-order valence-corrected chi connectivity index (χ0v) is 16.3. The van der Waals surface area contributed by atoms with Gasteiger partial charge in [-0.3, -0.25) is 14.2 Å². The van der Waals surface area contributed by atoms with Gasteiger partial charge >= 0.3 is 10.8 Å². The molecule has 1 amide bonds. The van der Waals surface area contributed by atoms with Gasteiger partial charge in [-0.15, -0.1) is 0 Å². The number of phenolic OH excluding ortho intramolecular Hbond substituents is 1. The first kappa shape index (κ1) is 20.3. The summed E-state index contributed by atoms with van der Waals surface area (Å²) < 4.78 is 1.29. The van der Waals surface area contributed by atoms with Crippen LogP contribution < -0.4 is 10.3 Å². The summed E-state index contributed by atoms with van der Waals surface area (Å²) >= 11 is 7.10. The number of aromatic hydroxyl groups is 1. The van der Waals surface area contributed by atoms with Gasteiger partial charge in [-0.2, -0.15) is 5.10 Å². The Morgan fingerprint density at radius 3 is 2.59 bits per heavy atom. The predicted molar refractivity (Wildman–Crippen MR) is 109 cm³/mol. The highest BCUT2D eigenvalue weighted by Gasteiger charge is 2.13. The van der Waals surface area contributed by atoms with Crippen molar-refractivity contribution in [3.63, 3.8) is 0 Å². The van der Waals surface area contributed by atoms with Crippen molar-refractivity contribution < 1.29 is 19.8 Å². The minimum absolute atomic E-state index is 0.0387. The second kappa shape index (κ2) is 8.72. The van der Waals surface area contributed by atoms with Crippen molar-refractivity contribution in [2.75, 3.05) is 0 Å². The Hall–Kier alpha value is -3.43. The lowest BCUT2D eigenvalue weighted by atomic mass is 10.1. The molecular formula is C19H14ClN3O5S.